The molecule has 1 saturated heterocycles. The van der Waals surface area contributed by atoms with Crippen LogP contribution < -0.4 is 15.8 Å². The first-order valence-electron chi connectivity index (χ1n) is 13.5. The van der Waals surface area contributed by atoms with Gasteiger partial charge in [-0.2, -0.15) is 18.3 Å². The number of halogens is 5. The average Bonchev–Trinajstić information content (AvgIpc) is 3.40. The third-order valence-electron chi connectivity index (χ3n) is 7.34. The van der Waals surface area contributed by atoms with Crippen LogP contribution in [0.4, 0.5) is 13.2 Å². The fraction of sp³-hybridized carbons (Fsp3) is 0.267. The van der Waals surface area contributed by atoms with Gasteiger partial charge in [-0.1, -0.05) is 23.2 Å². The van der Waals surface area contributed by atoms with Crippen LogP contribution in [0, 0.1) is 0 Å². The molecular formula is C30H27Cl2F3N6O3. The summed E-state index contributed by atoms with van der Waals surface area (Å²) < 4.78 is 36.5. The lowest BCUT2D eigenvalue weighted by Gasteiger charge is -2.27. The van der Waals surface area contributed by atoms with Crippen molar-refractivity contribution in [3.63, 3.8) is 0 Å². The smallest absolute Gasteiger partial charge is 0.379 e. The Balaban J connectivity index is 0.000000906. The first kappa shape index (κ1) is 31.3. The number of rotatable bonds is 5. The highest BCUT2D eigenvalue weighted by atomic mass is 35.5. The van der Waals surface area contributed by atoms with Crippen LogP contribution in [0.2, 0.25) is 10.0 Å². The van der Waals surface area contributed by atoms with Crippen LogP contribution in [0.15, 0.2) is 48.8 Å². The van der Waals surface area contributed by atoms with Gasteiger partial charge >= 0.3 is 6.68 Å². The first-order chi connectivity index (χ1) is 21.1. The number of amides is 2. The number of pyridine rings is 1. The Hall–Kier alpha value is -4.13. The van der Waals surface area contributed by atoms with Gasteiger partial charge in [0.1, 0.15) is 5.75 Å². The number of nitrogens with zero attached hydrogens (tertiary/aromatic N) is 4. The zero-order chi connectivity index (χ0) is 31.5. The maximum absolute atomic E-state index is 13.8. The minimum Gasteiger partial charge on any atom is -0.496 e. The fourth-order valence-electron chi connectivity index (χ4n) is 5.43. The van der Waals surface area contributed by atoms with E-state index < -0.39 is 12.6 Å². The molecule has 1 aliphatic heterocycles. The number of primary amides is 1. The minimum atomic E-state index is -3.67. The molecule has 9 nitrogen and oxygen atoms in total. The van der Waals surface area contributed by atoms with E-state index in [1.807, 2.05) is 17.0 Å². The predicted molar refractivity (Wildman–Crippen MR) is 161 cm³/mol. The van der Waals surface area contributed by atoms with E-state index in [-0.39, 0.29) is 5.91 Å². The normalized spacial score (nSPS) is 13.9. The molecule has 2 aliphatic rings. The summed E-state index contributed by atoms with van der Waals surface area (Å²) in [5, 5.41) is 9.09. The Bertz CT molecular complexity index is 1700. The first-order valence-corrected chi connectivity index (χ1v) is 14.3. The number of aromatic nitrogens is 3. The second-order valence-electron chi connectivity index (χ2n) is 10.0. The number of piperazine rings is 1. The zero-order valence-electron chi connectivity index (χ0n) is 23.4. The van der Waals surface area contributed by atoms with Crippen molar-refractivity contribution in [1.29, 1.82) is 0 Å². The fourth-order valence-corrected chi connectivity index (χ4v) is 5.94. The predicted octanol–water partition coefficient (Wildman–Crippen LogP) is 5.34. The molecule has 1 fully saturated rings. The van der Waals surface area contributed by atoms with Gasteiger partial charge in [-0.05, 0) is 54.8 Å². The van der Waals surface area contributed by atoms with Crippen molar-refractivity contribution in [3.8, 4) is 33.8 Å². The Kier molecular flexibility index (Phi) is 9.42. The van der Waals surface area contributed by atoms with Gasteiger partial charge in [-0.25, -0.2) is 4.68 Å². The van der Waals surface area contributed by atoms with Gasteiger partial charge in [0.2, 0.25) is 5.91 Å². The highest BCUT2D eigenvalue weighted by molar-refractivity contribution is 6.34. The number of nitrogens with one attached hydrogen (secondary N) is 1. The number of carbonyl (C=O) groups is 2. The molecule has 0 unspecified atom stereocenters. The van der Waals surface area contributed by atoms with Gasteiger partial charge in [0.15, 0.2) is 5.69 Å². The van der Waals surface area contributed by atoms with Crippen molar-refractivity contribution in [2.75, 3.05) is 33.3 Å². The molecule has 0 bridgehead atoms. The van der Waals surface area contributed by atoms with Gasteiger partial charge in [0.05, 0.1) is 24.1 Å². The van der Waals surface area contributed by atoms with Crippen LogP contribution in [0.25, 0.3) is 28.1 Å². The molecule has 1 aliphatic carbocycles. The van der Waals surface area contributed by atoms with E-state index in [0.717, 1.165) is 41.0 Å². The van der Waals surface area contributed by atoms with Crippen LogP contribution in [0.5, 0.6) is 5.75 Å². The van der Waals surface area contributed by atoms with Crippen LogP contribution >= 0.6 is 23.2 Å². The van der Waals surface area contributed by atoms with Gasteiger partial charge in [0.25, 0.3) is 5.91 Å². The second-order valence-corrected chi connectivity index (χ2v) is 10.9. The number of nitrogens with two attached hydrogens (primary N) is 1. The lowest BCUT2D eigenvalue weighted by Crippen LogP contribution is -2.46. The van der Waals surface area contributed by atoms with E-state index in [1.165, 1.54) is 6.20 Å². The molecule has 44 heavy (non-hydrogen) atoms. The van der Waals surface area contributed by atoms with E-state index in [9.17, 15) is 22.8 Å². The topological polar surface area (TPSA) is 115 Å². The maximum atomic E-state index is 13.8. The molecule has 0 atom stereocenters. The lowest BCUT2D eigenvalue weighted by molar-refractivity contribution is 0.00817. The number of carbonyl (C=O) groups excluding carboxylic acids is 2. The molecule has 2 amide bonds. The summed E-state index contributed by atoms with van der Waals surface area (Å²) >= 11 is 12.8. The van der Waals surface area contributed by atoms with E-state index in [0.29, 0.717) is 64.2 Å². The Morgan fingerprint density at radius 2 is 1.66 bits per heavy atom. The summed E-state index contributed by atoms with van der Waals surface area (Å²) in [4.78, 5) is 31.7. The number of fused-ring (bicyclic) bond motifs is 3. The molecule has 2 aromatic carbocycles. The number of hydrogen-bond acceptors (Lipinski definition) is 6. The summed E-state index contributed by atoms with van der Waals surface area (Å²) in [6.45, 7) is -0.957. The summed E-state index contributed by atoms with van der Waals surface area (Å²) in [7, 11) is 1.60. The Morgan fingerprint density at radius 3 is 2.30 bits per heavy atom. The standard InChI is InChI=1S/C29H26Cl2N6O3.CHF3/c1-40-25-9-16-2-3-22-26(29(39)36-6-4-33-5-7-36)35-37(21-11-19(30)10-20(31)12-21)27(22)24(16)13-23(25)17-8-18(28(32)38)15-34-14-17;2-1(3)4/h8-15,33H,2-7H2,1H3,(H2,32,38);1H. The molecule has 14 heteroatoms. The van der Waals surface area contributed by atoms with Crippen LogP contribution in [-0.2, 0) is 12.8 Å². The average molecular weight is 647 g/mol. The van der Waals surface area contributed by atoms with Crippen molar-refractivity contribution in [3.05, 3.63) is 81.2 Å². The molecule has 2 aromatic heterocycles. The number of methoxy groups -OCH3 is 1. The third-order valence-corrected chi connectivity index (χ3v) is 7.78. The zero-order valence-corrected chi connectivity index (χ0v) is 24.9. The molecule has 3 heterocycles. The van der Waals surface area contributed by atoms with Crippen LogP contribution in [-0.4, -0.2) is 71.4 Å². The van der Waals surface area contributed by atoms with Gasteiger partial charge in [0, 0.05) is 70.9 Å². The van der Waals surface area contributed by atoms with E-state index in [4.69, 9.17) is 38.8 Å². The van der Waals surface area contributed by atoms with Gasteiger partial charge in [-0.3, -0.25) is 14.6 Å². The van der Waals surface area contributed by atoms with Crippen molar-refractivity contribution in [2.45, 2.75) is 19.5 Å². The second kappa shape index (κ2) is 13.2. The summed E-state index contributed by atoms with van der Waals surface area (Å²) in [6, 6.07) is 10.9. The quantitative estimate of drug-likeness (QED) is 0.303. The van der Waals surface area contributed by atoms with Gasteiger partial charge < -0.3 is 20.7 Å². The Labute approximate surface area is 260 Å². The number of hydrogen-bond donors (Lipinski definition) is 2. The summed E-state index contributed by atoms with van der Waals surface area (Å²) in [5.41, 5.74) is 11.9. The largest absolute Gasteiger partial charge is 0.496 e. The van der Waals surface area contributed by atoms with E-state index >= 15 is 0 Å². The van der Waals surface area contributed by atoms with E-state index in [2.05, 4.69) is 10.3 Å². The molecule has 230 valence electrons. The molecule has 0 spiro atoms. The Morgan fingerprint density at radius 1 is 0.977 bits per heavy atom. The summed E-state index contributed by atoms with van der Waals surface area (Å²) in [6.07, 6.45) is 4.42. The lowest BCUT2D eigenvalue weighted by atomic mass is 9.86. The maximum Gasteiger partial charge on any atom is 0.379 e. The highest BCUT2D eigenvalue weighted by Crippen LogP contribution is 2.43. The van der Waals surface area contributed by atoms with Crippen molar-refractivity contribution >= 4 is 35.0 Å². The SMILES string of the molecule is COc1cc2c(cc1-c1cncc(C(N)=O)c1)-c1c(c(C(=O)N3CCNCC3)nn1-c1cc(Cl)cc(Cl)c1)CC2.FC(F)F. The van der Waals surface area contributed by atoms with Crippen LogP contribution in [0.1, 0.15) is 32.0 Å². The molecular weight excluding hydrogens is 620 g/mol. The minimum absolute atomic E-state index is 0.0971. The number of aryl methyl sites for hydroxylation is 1. The van der Waals surface area contributed by atoms with E-state index in [1.54, 1.807) is 42.3 Å². The molecule has 0 saturated carbocycles. The molecule has 3 N–H and O–H groups in total. The molecule has 4 aromatic rings. The third kappa shape index (κ3) is 6.52. The van der Waals surface area contributed by atoms with Gasteiger partial charge in [-0.15, -0.1) is 0 Å². The molecule has 0 radical (unpaired) electrons. The number of alkyl halides is 3. The van der Waals surface area contributed by atoms with Crippen molar-refractivity contribution in [2.24, 2.45) is 5.73 Å². The number of benzene rings is 2. The van der Waals surface area contributed by atoms with Crippen LogP contribution in [0.3, 0.4) is 0 Å². The van der Waals surface area contributed by atoms with Crippen molar-refractivity contribution < 1.29 is 27.5 Å². The summed E-state index contributed by atoms with van der Waals surface area (Å²) in [5.74, 6) is -0.0275. The monoisotopic (exact) mass is 646 g/mol. The molecule has 6 rings (SSSR count). The van der Waals surface area contributed by atoms with Crippen molar-refractivity contribution in [1.82, 2.24) is 25.0 Å². The highest BCUT2D eigenvalue weighted by Gasteiger charge is 2.32. The number of ether oxygens (including phenoxy) is 1.